The zero-order valence-corrected chi connectivity index (χ0v) is 19.8. The first-order chi connectivity index (χ1) is 18.1. The average molecular weight is 534 g/mol. The second-order valence-corrected chi connectivity index (χ2v) is 9.29. The van der Waals surface area contributed by atoms with Gasteiger partial charge < -0.3 is 26.0 Å². The highest BCUT2D eigenvalue weighted by molar-refractivity contribution is 5.81. The Labute approximate surface area is 213 Å². The third-order valence-corrected chi connectivity index (χ3v) is 6.75. The highest BCUT2D eigenvalue weighted by Gasteiger charge is 2.43. The third kappa shape index (κ3) is 4.60. The van der Waals surface area contributed by atoms with Crippen molar-refractivity contribution in [3.63, 3.8) is 0 Å². The van der Waals surface area contributed by atoms with Crippen molar-refractivity contribution in [2.24, 2.45) is 5.73 Å². The second kappa shape index (κ2) is 9.76. The molecule has 0 aliphatic carbocycles. The molecule has 0 bridgehead atoms. The molecule has 14 heteroatoms. The minimum absolute atomic E-state index is 0.0161. The normalized spacial score (nSPS) is 18.9. The van der Waals surface area contributed by atoms with Crippen molar-refractivity contribution in [3.05, 3.63) is 60.1 Å². The van der Waals surface area contributed by atoms with Crippen LogP contribution in [0.4, 0.5) is 33.5 Å². The van der Waals surface area contributed by atoms with E-state index in [1.165, 1.54) is 24.9 Å². The van der Waals surface area contributed by atoms with Gasteiger partial charge in [0.15, 0.2) is 23.1 Å². The molecule has 0 spiro atoms. The number of aliphatic hydroxyl groups is 1. The molecule has 9 nitrogen and oxygen atoms in total. The fraction of sp³-hybridized carbons (Fsp3) is 0.333. The lowest BCUT2D eigenvalue weighted by atomic mass is 9.84. The number of aliphatic hydroxyl groups excluding tert-OH is 1. The van der Waals surface area contributed by atoms with Crippen LogP contribution in [0.15, 0.2) is 37.1 Å². The molecular weight excluding hydrogens is 511 g/mol. The van der Waals surface area contributed by atoms with E-state index in [0.29, 0.717) is 47.5 Å². The van der Waals surface area contributed by atoms with Crippen LogP contribution in [-0.2, 0) is 6.54 Å². The van der Waals surface area contributed by atoms with E-state index in [4.69, 9.17) is 11.5 Å². The van der Waals surface area contributed by atoms with E-state index >= 15 is 0 Å². The summed E-state index contributed by atoms with van der Waals surface area (Å²) in [6.45, 7) is 0.405. The molecule has 4 aromatic rings. The molecule has 1 aliphatic heterocycles. The van der Waals surface area contributed by atoms with Crippen LogP contribution in [0.5, 0.6) is 0 Å². The summed E-state index contributed by atoms with van der Waals surface area (Å²) >= 11 is 0. The van der Waals surface area contributed by atoms with Crippen LogP contribution in [0.25, 0.3) is 22.4 Å². The lowest BCUT2D eigenvalue weighted by Crippen LogP contribution is -2.63. The standard InChI is InChI=1S/C24H23F5N8O/c25-14-6-16(27)15(26)5-13(14)17-4-12(8-37-11-35-19-22(30)33-10-34-23(19)37)18(7-32-17)36-3-1-2-24(31,9-36)20(38)21(28)29/h4-7,10-11,20-21,38H,1-3,8-9,31H2,(H2,30,33,34)/t20-,24-/m1/s1. The monoisotopic (exact) mass is 534 g/mol. The third-order valence-electron chi connectivity index (χ3n) is 6.75. The minimum atomic E-state index is -3.03. The van der Waals surface area contributed by atoms with Crippen molar-refractivity contribution in [2.75, 3.05) is 23.7 Å². The molecule has 2 atom stereocenters. The first kappa shape index (κ1) is 25.7. The summed E-state index contributed by atoms with van der Waals surface area (Å²) in [7, 11) is 0. The van der Waals surface area contributed by atoms with Crippen LogP contribution < -0.4 is 16.4 Å². The number of rotatable bonds is 6. The van der Waals surface area contributed by atoms with Crippen molar-refractivity contribution >= 4 is 22.7 Å². The number of alkyl halides is 2. The Bertz CT molecular complexity index is 1500. The molecule has 1 aliphatic rings. The summed E-state index contributed by atoms with van der Waals surface area (Å²) in [5.74, 6) is -3.43. The summed E-state index contributed by atoms with van der Waals surface area (Å²) in [5.41, 5.74) is 12.0. The number of pyridine rings is 1. The van der Waals surface area contributed by atoms with Crippen LogP contribution in [0.2, 0.25) is 0 Å². The Kier molecular flexibility index (Phi) is 6.61. The van der Waals surface area contributed by atoms with Crippen LogP contribution in [0, 0.1) is 17.5 Å². The van der Waals surface area contributed by atoms with E-state index in [1.54, 1.807) is 9.47 Å². The maximum Gasteiger partial charge on any atom is 0.265 e. The average Bonchev–Trinajstić information content (AvgIpc) is 3.29. The number of aromatic nitrogens is 5. The van der Waals surface area contributed by atoms with Crippen molar-refractivity contribution in [1.29, 1.82) is 0 Å². The molecule has 5 rings (SSSR count). The van der Waals surface area contributed by atoms with Gasteiger partial charge in [-0.1, -0.05) is 0 Å². The Hall–Kier alpha value is -3.91. The van der Waals surface area contributed by atoms with Gasteiger partial charge in [0.2, 0.25) is 0 Å². The fourth-order valence-corrected chi connectivity index (χ4v) is 4.78. The second-order valence-electron chi connectivity index (χ2n) is 9.29. The summed E-state index contributed by atoms with van der Waals surface area (Å²) in [5, 5.41) is 10.1. The highest BCUT2D eigenvalue weighted by Crippen LogP contribution is 2.34. The van der Waals surface area contributed by atoms with Crippen molar-refractivity contribution in [1.82, 2.24) is 24.5 Å². The summed E-state index contributed by atoms with van der Waals surface area (Å²) in [6.07, 6.45) is -0.358. The number of nitrogen functional groups attached to an aromatic ring is 1. The van der Waals surface area contributed by atoms with Gasteiger partial charge in [0, 0.05) is 24.7 Å². The summed E-state index contributed by atoms with van der Waals surface area (Å²) < 4.78 is 70.4. The minimum Gasteiger partial charge on any atom is -0.385 e. The van der Waals surface area contributed by atoms with Gasteiger partial charge in [-0.2, -0.15) is 0 Å². The van der Waals surface area contributed by atoms with Gasteiger partial charge in [0.25, 0.3) is 6.43 Å². The molecule has 0 saturated carbocycles. The number of piperidine rings is 1. The van der Waals surface area contributed by atoms with Gasteiger partial charge in [0.05, 0.1) is 36.0 Å². The van der Waals surface area contributed by atoms with Crippen molar-refractivity contribution in [2.45, 2.75) is 37.5 Å². The smallest absolute Gasteiger partial charge is 0.265 e. The molecule has 200 valence electrons. The molecular formula is C24H23F5N8O. The number of fused-ring (bicyclic) bond motifs is 1. The Morgan fingerprint density at radius 1 is 1.03 bits per heavy atom. The molecule has 3 aromatic heterocycles. The largest absolute Gasteiger partial charge is 0.385 e. The van der Waals surface area contributed by atoms with Crippen molar-refractivity contribution < 1.29 is 27.1 Å². The highest BCUT2D eigenvalue weighted by atomic mass is 19.3. The van der Waals surface area contributed by atoms with E-state index in [1.807, 2.05) is 0 Å². The molecule has 4 heterocycles. The lowest BCUT2D eigenvalue weighted by Gasteiger charge is -2.44. The Morgan fingerprint density at radius 2 is 1.79 bits per heavy atom. The SMILES string of the molecule is Nc1ncnc2c1ncn2Cc1cc(-c2cc(F)c(F)cc2F)ncc1N1CCC[C@](N)([C@H](O)C(F)F)C1. The first-order valence-corrected chi connectivity index (χ1v) is 11.6. The van der Waals surface area contributed by atoms with Gasteiger partial charge in [-0.3, -0.25) is 4.98 Å². The maximum atomic E-state index is 14.6. The zero-order valence-electron chi connectivity index (χ0n) is 19.8. The number of halogens is 5. The first-order valence-electron chi connectivity index (χ1n) is 11.6. The molecule has 0 amide bonds. The predicted molar refractivity (Wildman–Crippen MR) is 129 cm³/mol. The number of imidazole rings is 1. The van der Waals surface area contributed by atoms with Crippen molar-refractivity contribution in [3.8, 4) is 11.3 Å². The molecule has 0 unspecified atom stereocenters. The van der Waals surface area contributed by atoms with Gasteiger partial charge in [0.1, 0.15) is 23.8 Å². The van der Waals surface area contributed by atoms with Crippen LogP contribution in [0.3, 0.4) is 0 Å². The van der Waals surface area contributed by atoms with Crippen LogP contribution >= 0.6 is 0 Å². The summed E-state index contributed by atoms with van der Waals surface area (Å²) in [6, 6.07) is 2.63. The molecule has 1 aromatic carbocycles. The number of hydrogen-bond donors (Lipinski definition) is 3. The molecule has 38 heavy (non-hydrogen) atoms. The van der Waals surface area contributed by atoms with E-state index < -0.39 is 35.5 Å². The van der Waals surface area contributed by atoms with E-state index in [9.17, 15) is 27.1 Å². The topological polar surface area (TPSA) is 132 Å². The quantitative estimate of drug-likeness (QED) is 0.254. The van der Waals surface area contributed by atoms with Crippen LogP contribution in [-0.4, -0.2) is 60.8 Å². The molecule has 1 saturated heterocycles. The van der Waals surface area contributed by atoms with E-state index in [0.717, 1.165) is 0 Å². The Morgan fingerprint density at radius 3 is 2.55 bits per heavy atom. The molecule has 1 fully saturated rings. The number of hydrogen-bond acceptors (Lipinski definition) is 8. The maximum absolute atomic E-state index is 14.6. The van der Waals surface area contributed by atoms with E-state index in [2.05, 4.69) is 19.9 Å². The predicted octanol–water partition coefficient (Wildman–Crippen LogP) is 2.86. The zero-order chi connectivity index (χ0) is 27.2. The van der Waals surface area contributed by atoms with Gasteiger partial charge >= 0.3 is 0 Å². The number of nitrogens with two attached hydrogens (primary N) is 2. The Balaban J connectivity index is 1.60. The number of anilines is 2. The fourth-order valence-electron chi connectivity index (χ4n) is 4.78. The van der Waals surface area contributed by atoms with Gasteiger partial charge in [-0.15, -0.1) is 0 Å². The lowest BCUT2D eigenvalue weighted by molar-refractivity contribution is -0.0529. The van der Waals surface area contributed by atoms with Gasteiger partial charge in [-0.05, 0) is 30.5 Å². The van der Waals surface area contributed by atoms with Gasteiger partial charge in [-0.25, -0.2) is 36.9 Å². The van der Waals surface area contributed by atoms with Crippen LogP contribution in [0.1, 0.15) is 18.4 Å². The van der Waals surface area contributed by atoms with E-state index in [-0.39, 0.29) is 36.6 Å². The number of nitrogens with zero attached hydrogens (tertiary/aromatic N) is 6. The number of benzene rings is 1. The summed E-state index contributed by atoms with van der Waals surface area (Å²) in [4.78, 5) is 18.3. The molecule has 0 radical (unpaired) electrons. The molecule has 5 N–H and O–H groups in total.